The van der Waals surface area contributed by atoms with E-state index in [-0.39, 0.29) is 0 Å². The van der Waals surface area contributed by atoms with Crippen molar-refractivity contribution in [1.29, 1.82) is 0 Å². The first-order chi connectivity index (χ1) is 7.22. The van der Waals surface area contributed by atoms with Crippen molar-refractivity contribution in [3.63, 3.8) is 0 Å². The van der Waals surface area contributed by atoms with Gasteiger partial charge in [-0.1, -0.05) is 30.3 Å². The first-order valence-corrected chi connectivity index (χ1v) is 5.43. The molecule has 0 aliphatic rings. The van der Waals surface area contributed by atoms with Gasteiger partial charge < -0.3 is 5.32 Å². The molecule has 0 heterocycles. The van der Waals surface area contributed by atoms with Crippen molar-refractivity contribution in [2.45, 2.75) is 26.3 Å². The molecule has 0 spiro atoms. The van der Waals surface area contributed by atoms with Gasteiger partial charge in [0.25, 0.3) is 0 Å². The lowest BCUT2D eigenvalue weighted by Gasteiger charge is -2.07. The molecule has 1 rings (SSSR count). The average molecular weight is 204 g/mol. The number of hydrogen-bond acceptors (Lipinski definition) is 2. The number of nitrogens with one attached hydrogen (secondary N) is 1. The minimum absolute atomic E-state index is 0.454. The molecule has 0 aliphatic carbocycles. The highest BCUT2D eigenvalue weighted by Crippen LogP contribution is 2.01. The first kappa shape index (κ1) is 11.9. The van der Waals surface area contributed by atoms with Crippen LogP contribution in [0.3, 0.4) is 0 Å². The lowest BCUT2D eigenvalue weighted by atomic mass is 10.1. The van der Waals surface area contributed by atoms with Gasteiger partial charge in [0.15, 0.2) is 0 Å². The molecule has 82 valence electrons. The second-order valence-electron chi connectivity index (χ2n) is 3.93. The SMILES string of the molecule is CNC(C)CN=C(C)Cc1ccccc1. The molecule has 15 heavy (non-hydrogen) atoms. The Bertz CT molecular complexity index is 304. The Labute approximate surface area is 92.4 Å². The lowest BCUT2D eigenvalue weighted by Crippen LogP contribution is -2.24. The fourth-order valence-corrected chi connectivity index (χ4v) is 1.33. The predicted molar refractivity (Wildman–Crippen MR) is 66.6 cm³/mol. The van der Waals surface area contributed by atoms with Crippen LogP contribution in [0.15, 0.2) is 35.3 Å². The van der Waals surface area contributed by atoms with Crippen molar-refractivity contribution >= 4 is 5.71 Å². The molecule has 1 N–H and O–H groups in total. The van der Waals surface area contributed by atoms with E-state index in [2.05, 4.69) is 48.4 Å². The first-order valence-electron chi connectivity index (χ1n) is 5.43. The zero-order chi connectivity index (χ0) is 11.1. The number of rotatable bonds is 5. The van der Waals surface area contributed by atoms with Crippen molar-refractivity contribution in [3.05, 3.63) is 35.9 Å². The highest BCUT2D eigenvalue weighted by molar-refractivity contribution is 5.84. The smallest absolute Gasteiger partial charge is 0.0539 e. The minimum atomic E-state index is 0.454. The second kappa shape index (κ2) is 6.36. The molecular formula is C13H20N2. The molecule has 0 saturated carbocycles. The normalized spacial score (nSPS) is 13.9. The van der Waals surface area contributed by atoms with Crippen LogP contribution in [-0.2, 0) is 6.42 Å². The number of likely N-dealkylation sites (N-methyl/N-ethyl adjacent to an activating group) is 1. The standard InChI is InChI=1S/C13H20N2/c1-11(15-10-12(2)14-3)9-13-7-5-4-6-8-13/h4-8,12,14H,9-10H2,1-3H3. The molecule has 1 aromatic rings. The maximum absolute atomic E-state index is 4.54. The fourth-order valence-electron chi connectivity index (χ4n) is 1.33. The molecule has 0 fully saturated rings. The summed E-state index contributed by atoms with van der Waals surface area (Å²) in [6.07, 6.45) is 0.956. The fraction of sp³-hybridized carbons (Fsp3) is 0.462. The van der Waals surface area contributed by atoms with Gasteiger partial charge in [0.1, 0.15) is 0 Å². The van der Waals surface area contributed by atoms with E-state index in [0.29, 0.717) is 6.04 Å². The Hall–Kier alpha value is -1.15. The summed E-state index contributed by atoms with van der Waals surface area (Å²) in [6.45, 7) is 5.09. The third-order valence-electron chi connectivity index (χ3n) is 2.43. The van der Waals surface area contributed by atoms with Gasteiger partial charge in [-0.25, -0.2) is 0 Å². The highest BCUT2D eigenvalue weighted by Gasteiger charge is 1.97. The zero-order valence-electron chi connectivity index (χ0n) is 9.83. The molecule has 0 aliphatic heterocycles. The summed E-state index contributed by atoms with van der Waals surface area (Å²) >= 11 is 0. The van der Waals surface area contributed by atoms with E-state index in [1.807, 2.05) is 13.1 Å². The van der Waals surface area contributed by atoms with Crippen LogP contribution in [0, 0.1) is 0 Å². The summed E-state index contributed by atoms with van der Waals surface area (Å²) < 4.78 is 0. The molecule has 2 nitrogen and oxygen atoms in total. The number of hydrogen-bond donors (Lipinski definition) is 1. The Kier molecular flexibility index (Phi) is 5.05. The van der Waals surface area contributed by atoms with Crippen LogP contribution in [0.4, 0.5) is 0 Å². The summed E-state index contributed by atoms with van der Waals surface area (Å²) in [4.78, 5) is 4.54. The molecule has 0 aromatic heterocycles. The number of aliphatic imine (C=N–C) groups is 1. The summed E-state index contributed by atoms with van der Waals surface area (Å²) in [5, 5.41) is 3.18. The van der Waals surface area contributed by atoms with Crippen LogP contribution in [0.1, 0.15) is 19.4 Å². The topological polar surface area (TPSA) is 24.4 Å². The van der Waals surface area contributed by atoms with E-state index < -0.39 is 0 Å². The summed E-state index contributed by atoms with van der Waals surface area (Å²) in [7, 11) is 1.96. The third kappa shape index (κ3) is 4.75. The van der Waals surface area contributed by atoms with Gasteiger partial charge in [-0.05, 0) is 26.5 Å². The Morgan fingerprint density at radius 2 is 2.00 bits per heavy atom. The molecule has 0 amide bonds. The molecule has 0 radical (unpaired) electrons. The van der Waals surface area contributed by atoms with Gasteiger partial charge in [0.05, 0.1) is 6.54 Å². The lowest BCUT2D eigenvalue weighted by molar-refractivity contribution is 0.622. The molecule has 1 atom stereocenters. The average Bonchev–Trinajstić information content (AvgIpc) is 2.27. The van der Waals surface area contributed by atoms with Crippen LogP contribution in [0.25, 0.3) is 0 Å². The minimum Gasteiger partial charge on any atom is -0.315 e. The van der Waals surface area contributed by atoms with E-state index in [4.69, 9.17) is 0 Å². The number of benzene rings is 1. The maximum atomic E-state index is 4.54. The van der Waals surface area contributed by atoms with Crippen LogP contribution in [-0.4, -0.2) is 25.3 Å². The third-order valence-corrected chi connectivity index (χ3v) is 2.43. The monoisotopic (exact) mass is 204 g/mol. The van der Waals surface area contributed by atoms with E-state index in [1.54, 1.807) is 0 Å². The quantitative estimate of drug-likeness (QED) is 0.731. The Morgan fingerprint density at radius 1 is 1.33 bits per heavy atom. The summed E-state index contributed by atoms with van der Waals surface area (Å²) in [5.41, 5.74) is 2.53. The van der Waals surface area contributed by atoms with Gasteiger partial charge in [0, 0.05) is 18.2 Å². The van der Waals surface area contributed by atoms with Gasteiger partial charge >= 0.3 is 0 Å². The van der Waals surface area contributed by atoms with E-state index in [1.165, 1.54) is 11.3 Å². The van der Waals surface area contributed by atoms with Crippen molar-refractivity contribution in [1.82, 2.24) is 5.32 Å². The molecule has 1 unspecified atom stereocenters. The molecule has 1 aromatic carbocycles. The van der Waals surface area contributed by atoms with Crippen molar-refractivity contribution < 1.29 is 0 Å². The van der Waals surface area contributed by atoms with Crippen LogP contribution < -0.4 is 5.32 Å². The zero-order valence-corrected chi connectivity index (χ0v) is 9.83. The van der Waals surface area contributed by atoms with Gasteiger partial charge in [0.2, 0.25) is 0 Å². The predicted octanol–water partition coefficient (Wildman–Crippen LogP) is 2.30. The Balaban J connectivity index is 2.45. The van der Waals surface area contributed by atoms with Crippen LogP contribution in [0.5, 0.6) is 0 Å². The van der Waals surface area contributed by atoms with E-state index in [0.717, 1.165) is 13.0 Å². The van der Waals surface area contributed by atoms with Crippen LogP contribution in [0.2, 0.25) is 0 Å². The van der Waals surface area contributed by atoms with Crippen LogP contribution >= 0.6 is 0 Å². The van der Waals surface area contributed by atoms with E-state index in [9.17, 15) is 0 Å². The summed E-state index contributed by atoms with van der Waals surface area (Å²) in [6, 6.07) is 10.9. The largest absolute Gasteiger partial charge is 0.315 e. The van der Waals surface area contributed by atoms with Crippen molar-refractivity contribution in [2.24, 2.45) is 4.99 Å². The van der Waals surface area contributed by atoms with Gasteiger partial charge in [-0.3, -0.25) is 4.99 Å². The van der Waals surface area contributed by atoms with Crippen molar-refractivity contribution in [3.8, 4) is 0 Å². The molecular weight excluding hydrogens is 184 g/mol. The molecule has 0 bridgehead atoms. The maximum Gasteiger partial charge on any atom is 0.0539 e. The van der Waals surface area contributed by atoms with E-state index >= 15 is 0 Å². The second-order valence-corrected chi connectivity index (χ2v) is 3.93. The van der Waals surface area contributed by atoms with Gasteiger partial charge in [-0.2, -0.15) is 0 Å². The van der Waals surface area contributed by atoms with Gasteiger partial charge in [-0.15, -0.1) is 0 Å². The Morgan fingerprint density at radius 3 is 2.60 bits per heavy atom. The number of nitrogens with zero attached hydrogens (tertiary/aromatic N) is 1. The molecule has 0 saturated heterocycles. The summed E-state index contributed by atoms with van der Waals surface area (Å²) in [5.74, 6) is 0. The highest BCUT2D eigenvalue weighted by atomic mass is 14.9. The van der Waals surface area contributed by atoms with Crippen molar-refractivity contribution in [2.75, 3.05) is 13.6 Å². The molecule has 2 heteroatoms.